The van der Waals surface area contributed by atoms with Crippen LogP contribution < -0.4 is 15.0 Å². The van der Waals surface area contributed by atoms with Crippen molar-refractivity contribution in [2.45, 2.75) is 45.0 Å². The zero-order chi connectivity index (χ0) is 26.3. The largest absolute Gasteiger partial charge is 0.573 e. The molecule has 0 spiro atoms. The van der Waals surface area contributed by atoms with Crippen molar-refractivity contribution in [3.8, 4) is 5.75 Å². The highest BCUT2D eigenvalue weighted by atomic mass is 19.4. The van der Waals surface area contributed by atoms with Crippen molar-refractivity contribution in [2.24, 2.45) is 11.3 Å². The number of halogens is 3. The van der Waals surface area contributed by atoms with Gasteiger partial charge in [-0.3, -0.25) is 9.69 Å². The smallest absolute Gasteiger partial charge is 0.406 e. The van der Waals surface area contributed by atoms with E-state index in [1.807, 2.05) is 6.07 Å². The zero-order valence-electron chi connectivity index (χ0n) is 21.1. The Balaban J connectivity index is 1.17. The fourth-order valence-electron chi connectivity index (χ4n) is 5.37. The summed E-state index contributed by atoms with van der Waals surface area (Å²) in [6, 6.07) is 16.2. The number of aliphatic hydroxyl groups is 1. The van der Waals surface area contributed by atoms with E-state index in [2.05, 4.69) is 44.1 Å². The minimum atomic E-state index is -4.70. The van der Waals surface area contributed by atoms with E-state index in [0.29, 0.717) is 32.5 Å². The highest BCUT2D eigenvalue weighted by Crippen LogP contribution is 2.35. The van der Waals surface area contributed by atoms with Crippen LogP contribution in [0, 0.1) is 11.3 Å². The lowest BCUT2D eigenvalue weighted by Crippen LogP contribution is -2.44. The molecule has 2 aliphatic heterocycles. The number of amides is 1. The van der Waals surface area contributed by atoms with Crippen LogP contribution in [0.2, 0.25) is 0 Å². The Morgan fingerprint density at radius 3 is 2.24 bits per heavy atom. The van der Waals surface area contributed by atoms with Crippen LogP contribution in [0.1, 0.15) is 37.7 Å². The van der Waals surface area contributed by atoms with Crippen molar-refractivity contribution in [1.29, 1.82) is 0 Å². The third kappa shape index (κ3) is 7.85. The Kier molecular flexibility index (Phi) is 8.97. The number of likely N-dealkylation sites (tertiary alicyclic amines) is 1. The summed E-state index contributed by atoms with van der Waals surface area (Å²) in [6.45, 7) is 4.80. The molecule has 2 aromatic carbocycles. The van der Waals surface area contributed by atoms with Crippen LogP contribution in [0.5, 0.6) is 5.75 Å². The Labute approximate surface area is 216 Å². The number of carbonyl (C=O) groups excluding carboxylic acids is 1. The monoisotopic (exact) mass is 519 g/mol. The lowest BCUT2D eigenvalue weighted by atomic mass is 9.76. The number of nitrogens with one attached hydrogen (secondary N) is 1. The molecule has 4 rings (SSSR count). The van der Waals surface area contributed by atoms with Gasteiger partial charge in [0.1, 0.15) is 5.75 Å². The van der Waals surface area contributed by atoms with E-state index in [-0.39, 0.29) is 29.6 Å². The quantitative estimate of drug-likeness (QED) is 0.508. The Morgan fingerprint density at radius 2 is 1.65 bits per heavy atom. The Hall–Kier alpha value is -2.78. The molecule has 2 aliphatic rings. The molecule has 0 atom stereocenters. The highest BCUT2D eigenvalue weighted by molar-refractivity contribution is 5.79. The molecule has 0 saturated carbocycles. The standard InChI is InChI=1S/C28H36F3N3O3/c29-28(30,31)37-25-8-6-24(7-9-25)34-16-10-23(11-17-34)26(36)32-15-12-27(21-35)13-18-33(19-14-27)20-22-4-2-1-3-5-22/h1-9,23,35H,10-21H2,(H,32,36). The van der Waals surface area contributed by atoms with Gasteiger partial charge in [-0.1, -0.05) is 30.3 Å². The molecular weight excluding hydrogens is 483 g/mol. The van der Waals surface area contributed by atoms with Crippen molar-refractivity contribution in [3.63, 3.8) is 0 Å². The second kappa shape index (κ2) is 12.2. The molecule has 0 bridgehead atoms. The maximum Gasteiger partial charge on any atom is 0.573 e. The number of rotatable bonds is 9. The first-order valence-corrected chi connectivity index (χ1v) is 13.0. The summed E-state index contributed by atoms with van der Waals surface area (Å²) in [5, 5.41) is 13.2. The van der Waals surface area contributed by atoms with Gasteiger partial charge >= 0.3 is 6.36 Å². The van der Waals surface area contributed by atoms with Crippen LogP contribution in [0.25, 0.3) is 0 Å². The fraction of sp³-hybridized carbons (Fsp3) is 0.536. The van der Waals surface area contributed by atoms with Crippen LogP contribution in [0.15, 0.2) is 54.6 Å². The van der Waals surface area contributed by atoms with Gasteiger partial charge in [0.15, 0.2) is 0 Å². The number of anilines is 1. The van der Waals surface area contributed by atoms with E-state index < -0.39 is 6.36 Å². The van der Waals surface area contributed by atoms with Crippen LogP contribution in [0.4, 0.5) is 18.9 Å². The maximum absolute atomic E-state index is 12.8. The van der Waals surface area contributed by atoms with Gasteiger partial charge in [0.25, 0.3) is 0 Å². The molecule has 2 fully saturated rings. The van der Waals surface area contributed by atoms with E-state index in [1.54, 1.807) is 12.1 Å². The first kappa shape index (κ1) is 27.3. The summed E-state index contributed by atoms with van der Waals surface area (Å²) in [5.74, 6) is -0.280. The number of piperidine rings is 2. The number of nitrogens with zero attached hydrogens (tertiary/aromatic N) is 2. The van der Waals surface area contributed by atoms with Crippen molar-refractivity contribution < 1.29 is 27.8 Å². The summed E-state index contributed by atoms with van der Waals surface area (Å²) in [7, 11) is 0. The third-order valence-electron chi connectivity index (χ3n) is 7.76. The van der Waals surface area contributed by atoms with Gasteiger partial charge in [-0.15, -0.1) is 13.2 Å². The van der Waals surface area contributed by atoms with Gasteiger partial charge in [-0.05, 0) is 80.4 Å². The summed E-state index contributed by atoms with van der Waals surface area (Å²) in [4.78, 5) is 17.3. The average molecular weight is 520 g/mol. The summed E-state index contributed by atoms with van der Waals surface area (Å²) in [6.07, 6.45) is -0.739. The van der Waals surface area contributed by atoms with Crippen LogP contribution in [0.3, 0.4) is 0 Å². The topological polar surface area (TPSA) is 65.0 Å². The maximum atomic E-state index is 12.8. The minimum Gasteiger partial charge on any atom is -0.406 e. The van der Waals surface area contributed by atoms with Gasteiger partial charge in [-0.25, -0.2) is 0 Å². The number of carbonyl (C=O) groups is 1. The molecule has 0 radical (unpaired) electrons. The normalized spacial score (nSPS) is 19.0. The van der Waals surface area contributed by atoms with Crippen molar-refractivity contribution in [3.05, 3.63) is 60.2 Å². The molecule has 2 N–H and O–H groups in total. The predicted octanol–water partition coefficient (Wildman–Crippen LogP) is 4.58. The van der Waals surface area contributed by atoms with E-state index in [4.69, 9.17) is 0 Å². The Bertz CT molecular complexity index is 985. The molecule has 6 nitrogen and oxygen atoms in total. The van der Waals surface area contributed by atoms with Gasteiger partial charge in [-0.2, -0.15) is 0 Å². The number of benzene rings is 2. The molecule has 1 amide bonds. The molecule has 2 saturated heterocycles. The second-order valence-corrected chi connectivity index (χ2v) is 10.3. The number of ether oxygens (including phenoxy) is 1. The van der Waals surface area contributed by atoms with Gasteiger partial charge in [0.2, 0.25) is 5.91 Å². The molecule has 9 heteroatoms. The van der Waals surface area contributed by atoms with Crippen molar-refractivity contribution in [1.82, 2.24) is 10.2 Å². The highest BCUT2D eigenvalue weighted by Gasteiger charge is 2.34. The molecule has 0 aliphatic carbocycles. The van der Waals surface area contributed by atoms with Crippen molar-refractivity contribution in [2.75, 3.05) is 44.2 Å². The second-order valence-electron chi connectivity index (χ2n) is 10.3. The zero-order valence-corrected chi connectivity index (χ0v) is 21.1. The summed E-state index contributed by atoms with van der Waals surface area (Å²) in [5.41, 5.74) is 1.97. The van der Waals surface area contributed by atoms with Crippen molar-refractivity contribution >= 4 is 11.6 Å². The van der Waals surface area contributed by atoms with Crippen LogP contribution in [-0.4, -0.2) is 61.6 Å². The third-order valence-corrected chi connectivity index (χ3v) is 7.76. The number of hydrogen-bond donors (Lipinski definition) is 2. The Morgan fingerprint density at radius 1 is 1.00 bits per heavy atom. The minimum absolute atomic E-state index is 0.0446. The van der Waals surface area contributed by atoms with E-state index in [9.17, 15) is 23.1 Å². The fourth-order valence-corrected chi connectivity index (χ4v) is 5.37. The van der Waals surface area contributed by atoms with Crippen LogP contribution >= 0.6 is 0 Å². The van der Waals surface area contributed by atoms with E-state index in [1.165, 1.54) is 17.7 Å². The molecule has 2 heterocycles. The molecule has 0 unspecified atom stereocenters. The molecule has 202 valence electrons. The van der Waals surface area contributed by atoms with E-state index >= 15 is 0 Å². The first-order valence-electron chi connectivity index (χ1n) is 13.0. The lowest BCUT2D eigenvalue weighted by molar-refractivity contribution is -0.274. The lowest BCUT2D eigenvalue weighted by Gasteiger charge is -2.41. The molecule has 0 aromatic heterocycles. The first-order chi connectivity index (χ1) is 17.8. The van der Waals surface area contributed by atoms with Gasteiger partial charge in [0, 0.05) is 44.4 Å². The molecule has 2 aromatic rings. The average Bonchev–Trinajstić information content (AvgIpc) is 2.90. The number of alkyl halides is 3. The number of hydrogen-bond acceptors (Lipinski definition) is 5. The summed E-state index contributed by atoms with van der Waals surface area (Å²) >= 11 is 0. The van der Waals surface area contributed by atoms with Gasteiger partial charge < -0.3 is 20.1 Å². The summed E-state index contributed by atoms with van der Waals surface area (Å²) < 4.78 is 41.0. The predicted molar refractivity (Wildman–Crippen MR) is 136 cm³/mol. The number of aliphatic hydroxyl groups excluding tert-OH is 1. The molecular formula is C28H36F3N3O3. The van der Waals surface area contributed by atoms with E-state index in [0.717, 1.165) is 44.6 Å². The van der Waals surface area contributed by atoms with Gasteiger partial charge in [0.05, 0.1) is 0 Å². The van der Waals surface area contributed by atoms with Crippen LogP contribution in [-0.2, 0) is 11.3 Å². The SMILES string of the molecule is O=C(NCCC1(CO)CCN(Cc2ccccc2)CC1)C1CCN(c2ccc(OC(F)(F)F)cc2)CC1. The molecule has 37 heavy (non-hydrogen) atoms.